The fourth-order valence-electron chi connectivity index (χ4n) is 7.38. The van der Waals surface area contributed by atoms with Crippen LogP contribution in [0.15, 0.2) is 48.5 Å². The molecule has 6 rings (SSSR count). The first kappa shape index (κ1) is 38.4. The van der Waals surface area contributed by atoms with Crippen LogP contribution in [-0.2, 0) is 16.0 Å². The van der Waals surface area contributed by atoms with Crippen molar-refractivity contribution in [3.05, 3.63) is 70.8 Å². The van der Waals surface area contributed by atoms with Crippen LogP contribution in [0.1, 0.15) is 94.3 Å². The van der Waals surface area contributed by atoms with E-state index >= 15 is 0 Å². The number of nitrogens with one attached hydrogen (secondary N) is 1. The number of ether oxygens (including phenoxy) is 2. The molecule has 2 saturated heterocycles. The molecule has 6 atom stereocenters. The summed E-state index contributed by atoms with van der Waals surface area (Å²) in [6.45, 7) is 19.9. The van der Waals surface area contributed by atoms with E-state index in [4.69, 9.17) is 15.2 Å². The molecule has 9 nitrogen and oxygen atoms in total. The Balaban J connectivity index is 0.000000185. The summed E-state index contributed by atoms with van der Waals surface area (Å²) in [5.41, 5.74) is 9.67. The first-order chi connectivity index (χ1) is 23.0. The van der Waals surface area contributed by atoms with Crippen molar-refractivity contribution in [3.63, 3.8) is 0 Å². The second-order valence-corrected chi connectivity index (χ2v) is 16.6. The van der Waals surface area contributed by atoms with Crippen LogP contribution in [0.5, 0.6) is 0 Å². The smallest absolute Gasteiger partial charge is 0.410 e. The molecule has 2 aromatic carbocycles. The number of nitrogens with zero attached hydrogens (tertiary/aromatic N) is 2. The van der Waals surface area contributed by atoms with Crippen LogP contribution in [0.2, 0.25) is 0 Å². The third kappa shape index (κ3) is 12.1. The maximum Gasteiger partial charge on any atom is 0.410 e. The lowest BCUT2D eigenvalue weighted by Crippen LogP contribution is -2.37. The summed E-state index contributed by atoms with van der Waals surface area (Å²) in [5.74, 6) is 2.44. The van der Waals surface area contributed by atoms with Crippen LogP contribution < -0.4 is 11.1 Å². The number of carbonyl (C=O) groups excluding carboxylic acids is 3. The van der Waals surface area contributed by atoms with Crippen molar-refractivity contribution in [1.29, 1.82) is 0 Å². The molecule has 3 N–H and O–H groups in total. The highest BCUT2D eigenvalue weighted by atomic mass is 16.6. The number of aldehydes is 1. The predicted molar refractivity (Wildman–Crippen MR) is 194 cm³/mol. The fraction of sp³-hybridized carbons (Fsp3) is 0.625. The van der Waals surface area contributed by atoms with E-state index < -0.39 is 11.2 Å². The minimum Gasteiger partial charge on any atom is -0.444 e. The molecule has 2 heterocycles. The van der Waals surface area contributed by atoms with E-state index in [0.717, 1.165) is 70.3 Å². The normalized spacial score (nSPS) is 25.7. The van der Waals surface area contributed by atoms with Crippen LogP contribution in [-0.4, -0.2) is 77.7 Å². The van der Waals surface area contributed by atoms with Gasteiger partial charge in [0.2, 0.25) is 0 Å². The Bertz CT molecular complexity index is 1350. The van der Waals surface area contributed by atoms with Crippen molar-refractivity contribution < 1.29 is 23.9 Å². The van der Waals surface area contributed by atoms with Gasteiger partial charge in [-0.3, -0.25) is 4.79 Å². The highest BCUT2D eigenvalue weighted by Crippen LogP contribution is 2.39. The topological polar surface area (TPSA) is 114 Å². The van der Waals surface area contributed by atoms with Crippen LogP contribution in [0.4, 0.5) is 9.59 Å². The minimum atomic E-state index is -0.410. The molecule has 2 amide bonds. The number of hydrogen-bond donors (Lipinski definition) is 2. The van der Waals surface area contributed by atoms with Gasteiger partial charge < -0.3 is 30.3 Å². The molecule has 4 aliphatic rings. The summed E-state index contributed by atoms with van der Waals surface area (Å²) >= 11 is 0. The molecule has 0 aromatic heterocycles. The van der Waals surface area contributed by atoms with Gasteiger partial charge in [0, 0.05) is 50.4 Å². The van der Waals surface area contributed by atoms with Gasteiger partial charge in [-0.15, -0.1) is 0 Å². The Hall–Kier alpha value is -3.43. The van der Waals surface area contributed by atoms with Gasteiger partial charge in [0.25, 0.3) is 0 Å². The number of likely N-dealkylation sites (tertiary alicyclic amines) is 2. The van der Waals surface area contributed by atoms with Gasteiger partial charge in [0.05, 0.1) is 0 Å². The van der Waals surface area contributed by atoms with Gasteiger partial charge >= 0.3 is 12.2 Å². The first-order valence-corrected chi connectivity index (χ1v) is 18.0. The minimum absolute atomic E-state index is 0.152. The fourth-order valence-corrected chi connectivity index (χ4v) is 7.38. The number of aryl methyl sites for hydroxylation is 2. The maximum atomic E-state index is 12.2. The molecule has 49 heavy (non-hydrogen) atoms. The molecule has 270 valence electrons. The van der Waals surface area contributed by atoms with E-state index in [-0.39, 0.29) is 12.2 Å². The lowest BCUT2D eigenvalue weighted by atomic mass is 10.0. The van der Waals surface area contributed by atoms with E-state index in [1.165, 1.54) is 16.7 Å². The van der Waals surface area contributed by atoms with Gasteiger partial charge in [-0.1, -0.05) is 59.7 Å². The number of carbonyl (C=O) groups is 3. The quantitative estimate of drug-likeness (QED) is 0.331. The van der Waals surface area contributed by atoms with Gasteiger partial charge in [-0.05, 0) is 110 Å². The number of fused-ring (bicyclic) bond motifs is 2. The SMILES string of the molecule is CC(C)(C)OC(=O)N1C[C@H]2CC(N)C[C@H]2C1.Cc1ccc(C=O)cc1.Cc1ccc(CNC2C[C@@H]3CN(C(=O)OC(C)(C)C)C[C@@H]3C2)cc1. The number of benzene rings is 2. The van der Waals surface area contributed by atoms with E-state index in [0.29, 0.717) is 35.8 Å². The lowest BCUT2D eigenvalue weighted by molar-refractivity contribution is 0.0269. The summed E-state index contributed by atoms with van der Waals surface area (Å²) in [7, 11) is 0. The zero-order chi connectivity index (χ0) is 35.9. The number of amides is 2. The largest absolute Gasteiger partial charge is 0.444 e. The number of hydrogen-bond acceptors (Lipinski definition) is 7. The maximum absolute atomic E-state index is 12.2. The molecule has 0 bridgehead atoms. The molecular formula is C40H60N4O5. The summed E-state index contributed by atoms with van der Waals surface area (Å²) < 4.78 is 10.9. The monoisotopic (exact) mass is 676 g/mol. The van der Waals surface area contributed by atoms with Crippen LogP contribution >= 0.6 is 0 Å². The summed E-state index contributed by atoms with van der Waals surface area (Å²) in [4.78, 5) is 37.9. The Kier molecular flexibility index (Phi) is 12.9. The van der Waals surface area contributed by atoms with Crippen molar-refractivity contribution in [3.8, 4) is 0 Å². The van der Waals surface area contributed by atoms with Crippen LogP contribution in [0.25, 0.3) is 0 Å². The molecule has 4 fully saturated rings. The van der Waals surface area contributed by atoms with Crippen molar-refractivity contribution >= 4 is 18.5 Å². The molecular weight excluding hydrogens is 616 g/mol. The van der Waals surface area contributed by atoms with E-state index in [1.54, 1.807) is 0 Å². The molecule has 2 aliphatic heterocycles. The second-order valence-electron chi connectivity index (χ2n) is 16.6. The lowest BCUT2D eigenvalue weighted by Gasteiger charge is -2.25. The second kappa shape index (κ2) is 16.5. The standard InChI is InChI=1S/C20H30N2O2.C12H22N2O2.C8H8O/c1-14-5-7-15(8-6-14)11-21-18-9-16-12-22(13-17(16)10-18)19(23)24-20(2,3)4;1-12(2,3)16-11(15)14-6-8-4-10(13)5-9(8)7-14;1-7-2-4-8(6-9)5-3-7/h5-8,16-18,21H,9-13H2,1-4H3;8-10H,4-7,13H2,1-3H3;2-6H,1H3/t16-,17+,18?;8-,9+,10?;. The van der Waals surface area contributed by atoms with Crippen molar-refractivity contribution in [2.45, 2.75) is 111 Å². The Labute approximate surface area is 294 Å². The molecule has 2 unspecified atom stereocenters. The highest BCUT2D eigenvalue weighted by molar-refractivity contribution is 5.74. The number of nitrogens with two attached hydrogens (primary N) is 1. The van der Waals surface area contributed by atoms with Crippen molar-refractivity contribution in [1.82, 2.24) is 15.1 Å². The molecule has 2 aromatic rings. The summed E-state index contributed by atoms with van der Waals surface area (Å²) in [5, 5.41) is 3.69. The van der Waals surface area contributed by atoms with E-state index in [9.17, 15) is 14.4 Å². The molecule has 2 aliphatic carbocycles. The number of rotatable bonds is 4. The Morgan fingerprint density at radius 2 is 1.10 bits per heavy atom. The molecule has 2 saturated carbocycles. The zero-order valence-corrected chi connectivity index (χ0v) is 31.0. The predicted octanol–water partition coefficient (Wildman–Crippen LogP) is 7.13. The van der Waals surface area contributed by atoms with Gasteiger partial charge in [0.15, 0.2) is 0 Å². The van der Waals surface area contributed by atoms with Crippen LogP contribution in [0, 0.1) is 37.5 Å². The Morgan fingerprint density at radius 1 is 0.714 bits per heavy atom. The molecule has 0 spiro atoms. The van der Waals surface area contributed by atoms with Crippen molar-refractivity contribution in [2.75, 3.05) is 26.2 Å². The third-order valence-electron chi connectivity index (χ3n) is 9.77. The van der Waals surface area contributed by atoms with E-state index in [2.05, 4.69) is 36.5 Å². The average molecular weight is 677 g/mol. The van der Waals surface area contributed by atoms with E-state index in [1.807, 2.05) is 82.5 Å². The van der Waals surface area contributed by atoms with Crippen molar-refractivity contribution in [2.24, 2.45) is 29.4 Å². The highest BCUT2D eigenvalue weighted by Gasteiger charge is 2.44. The van der Waals surface area contributed by atoms with Crippen LogP contribution in [0.3, 0.4) is 0 Å². The summed E-state index contributed by atoms with van der Waals surface area (Å²) in [6.07, 6.45) is 4.97. The average Bonchev–Trinajstić information content (AvgIpc) is 3.76. The first-order valence-electron chi connectivity index (χ1n) is 18.0. The summed E-state index contributed by atoms with van der Waals surface area (Å²) in [6, 6.07) is 17.1. The molecule has 0 radical (unpaired) electrons. The Morgan fingerprint density at radius 3 is 1.49 bits per heavy atom. The molecule has 9 heteroatoms. The zero-order valence-electron chi connectivity index (χ0n) is 31.0. The van der Waals surface area contributed by atoms with Gasteiger partial charge in [-0.2, -0.15) is 0 Å². The third-order valence-corrected chi connectivity index (χ3v) is 9.77. The van der Waals surface area contributed by atoms with Gasteiger partial charge in [0.1, 0.15) is 17.5 Å². The van der Waals surface area contributed by atoms with Gasteiger partial charge in [-0.25, -0.2) is 9.59 Å².